The van der Waals surface area contributed by atoms with E-state index in [9.17, 15) is 14.4 Å². The highest BCUT2D eigenvalue weighted by molar-refractivity contribution is 9.10. The fraction of sp³-hybridized carbons (Fsp3) is 0.250. The fourth-order valence-electron chi connectivity index (χ4n) is 5.05. The fourth-order valence-corrected chi connectivity index (χ4v) is 6.60. The number of benzene rings is 2. The highest BCUT2D eigenvalue weighted by Gasteiger charge is 2.36. The molecule has 1 aliphatic heterocycles. The maximum absolute atomic E-state index is 14.1. The Kier molecular flexibility index (Phi) is 9.57. The number of carbonyl (C=O) groups is 2. The van der Waals surface area contributed by atoms with Crippen molar-refractivity contribution < 1.29 is 28.2 Å². The van der Waals surface area contributed by atoms with Crippen molar-refractivity contribution in [3.63, 3.8) is 0 Å². The highest BCUT2D eigenvalue weighted by atomic mass is 79.9. The van der Waals surface area contributed by atoms with Crippen molar-refractivity contribution in [1.29, 1.82) is 0 Å². The van der Waals surface area contributed by atoms with Gasteiger partial charge in [0.05, 0.1) is 42.2 Å². The Morgan fingerprint density at radius 2 is 1.91 bits per heavy atom. The minimum atomic E-state index is -0.845. The van der Waals surface area contributed by atoms with Crippen molar-refractivity contribution in [3.05, 3.63) is 106 Å². The molecule has 0 radical (unpaired) electrons. The van der Waals surface area contributed by atoms with Gasteiger partial charge in [0, 0.05) is 26.7 Å². The number of hydrogen-bond acceptors (Lipinski definition) is 9. The van der Waals surface area contributed by atoms with Gasteiger partial charge < -0.3 is 18.6 Å². The summed E-state index contributed by atoms with van der Waals surface area (Å²) >= 11 is 10.9. The summed E-state index contributed by atoms with van der Waals surface area (Å²) in [5.41, 5.74) is 1.83. The lowest BCUT2D eigenvalue weighted by Crippen LogP contribution is -2.40. The predicted octanol–water partition coefficient (Wildman–Crippen LogP) is 6.05. The first-order valence-electron chi connectivity index (χ1n) is 13.7. The van der Waals surface area contributed by atoms with Crippen molar-refractivity contribution in [1.82, 2.24) is 4.57 Å². The molecule has 2 aromatic carbocycles. The van der Waals surface area contributed by atoms with Gasteiger partial charge in [0.2, 0.25) is 0 Å². The normalized spacial score (nSPS) is 14.7. The largest absolute Gasteiger partial charge is 0.496 e. The van der Waals surface area contributed by atoms with Gasteiger partial charge in [-0.3, -0.25) is 9.36 Å². The van der Waals surface area contributed by atoms with Crippen LogP contribution >= 0.6 is 38.9 Å². The molecule has 228 valence electrons. The first kappa shape index (κ1) is 31.5. The van der Waals surface area contributed by atoms with Gasteiger partial charge >= 0.3 is 11.9 Å². The Balaban J connectivity index is 1.70. The second-order valence-electron chi connectivity index (χ2n) is 9.68. The Bertz CT molecular complexity index is 1970. The summed E-state index contributed by atoms with van der Waals surface area (Å²) in [5, 5.41) is 0.419. The zero-order valence-corrected chi connectivity index (χ0v) is 27.5. The molecular weight excluding hydrogens is 672 g/mol. The number of furan rings is 1. The van der Waals surface area contributed by atoms with E-state index in [1.165, 1.54) is 30.1 Å². The SMILES string of the molecule is CCCC1=C(C(=O)OCC)[C@@H](c2cc(Br)ccc2OC)n2c(s/c(=C\c3ccc(-c4cc(Cl)ccc4C(=O)OC)o3)c2=O)=N1. The third kappa shape index (κ3) is 6.04. The van der Waals surface area contributed by atoms with Crippen LogP contribution in [0.1, 0.15) is 54.4 Å². The van der Waals surface area contributed by atoms with Crippen LogP contribution in [-0.2, 0) is 14.3 Å². The zero-order valence-electron chi connectivity index (χ0n) is 24.3. The van der Waals surface area contributed by atoms with E-state index in [4.69, 9.17) is 35.2 Å². The van der Waals surface area contributed by atoms with Crippen LogP contribution in [0.2, 0.25) is 5.02 Å². The van der Waals surface area contributed by atoms with Crippen LogP contribution in [0.15, 0.2) is 78.5 Å². The molecular formula is C32H28BrClN2O7S. The van der Waals surface area contributed by atoms with Gasteiger partial charge in [-0.1, -0.05) is 52.2 Å². The van der Waals surface area contributed by atoms with E-state index in [1.54, 1.807) is 49.4 Å². The van der Waals surface area contributed by atoms with Crippen LogP contribution in [0.5, 0.6) is 5.75 Å². The molecule has 0 N–H and O–H groups in total. The summed E-state index contributed by atoms with van der Waals surface area (Å²) < 4.78 is 24.7. The number of thiazole rings is 1. The number of halogens is 2. The molecule has 4 aromatic rings. The van der Waals surface area contributed by atoms with Crippen LogP contribution in [0.3, 0.4) is 0 Å². The smallest absolute Gasteiger partial charge is 0.338 e. The molecule has 0 bridgehead atoms. The molecule has 0 saturated heterocycles. The minimum Gasteiger partial charge on any atom is -0.496 e. The van der Waals surface area contributed by atoms with Crippen LogP contribution < -0.4 is 19.6 Å². The first-order chi connectivity index (χ1) is 21.2. The van der Waals surface area contributed by atoms with Gasteiger partial charge in [-0.05, 0) is 61.9 Å². The number of esters is 2. The predicted molar refractivity (Wildman–Crippen MR) is 171 cm³/mol. The lowest BCUT2D eigenvalue weighted by molar-refractivity contribution is -0.139. The first-order valence-corrected chi connectivity index (χ1v) is 15.7. The van der Waals surface area contributed by atoms with Crippen molar-refractivity contribution in [2.24, 2.45) is 4.99 Å². The average Bonchev–Trinajstić information content (AvgIpc) is 3.60. The summed E-state index contributed by atoms with van der Waals surface area (Å²) in [6.45, 7) is 3.89. The average molecular weight is 700 g/mol. The topological polar surface area (TPSA) is 109 Å². The minimum absolute atomic E-state index is 0.166. The molecule has 0 spiro atoms. The van der Waals surface area contributed by atoms with E-state index in [1.807, 2.05) is 19.1 Å². The van der Waals surface area contributed by atoms with Crippen LogP contribution in [0.4, 0.5) is 0 Å². The number of aromatic nitrogens is 1. The van der Waals surface area contributed by atoms with Gasteiger partial charge in [-0.2, -0.15) is 0 Å². The molecule has 0 saturated carbocycles. The molecule has 2 aromatic heterocycles. The third-order valence-electron chi connectivity index (χ3n) is 6.93. The van der Waals surface area contributed by atoms with Crippen molar-refractivity contribution in [2.75, 3.05) is 20.8 Å². The number of hydrogen-bond donors (Lipinski definition) is 0. The monoisotopic (exact) mass is 698 g/mol. The second-order valence-corrected chi connectivity index (χ2v) is 12.0. The molecule has 0 aliphatic carbocycles. The highest BCUT2D eigenvalue weighted by Crippen LogP contribution is 2.38. The number of ether oxygens (including phenoxy) is 3. The zero-order chi connectivity index (χ0) is 31.5. The molecule has 1 aliphatic rings. The van der Waals surface area contributed by atoms with Crippen molar-refractivity contribution in [3.8, 4) is 17.1 Å². The van der Waals surface area contributed by atoms with Gasteiger partial charge in [-0.25, -0.2) is 14.6 Å². The van der Waals surface area contributed by atoms with Gasteiger partial charge in [0.15, 0.2) is 4.80 Å². The summed E-state index contributed by atoms with van der Waals surface area (Å²) in [4.78, 5) is 45.2. The number of rotatable bonds is 9. The molecule has 44 heavy (non-hydrogen) atoms. The molecule has 5 rings (SSSR count). The van der Waals surface area contributed by atoms with Crippen LogP contribution in [0, 0.1) is 0 Å². The van der Waals surface area contributed by atoms with Crippen LogP contribution in [-0.4, -0.2) is 37.3 Å². The lowest BCUT2D eigenvalue weighted by atomic mass is 9.93. The Hall–Kier alpha value is -3.93. The summed E-state index contributed by atoms with van der Waals surface area (Å²) in [6.07, 6.45) is 2.85. The number of fused-ring (bicyclic) bond motifs is 1. The molecule has 1 atom stereocenters. The van der Waals surface area contributed by atoms with Crippen LogP contribution in [0.25, 0.3) is 17.4 Å². The van der Waals surface area contributed by atoms with E-state index in [-0.39, 0.29) is 17.7 Å². The number of nitrogens with zero attached hydrogens (tertiary/aromatic N) is 2. The standard InChI is InChI=1S/C32H28BrClN2O7S/c1-5-7-23-27(31(39)42-6-2)28(22-14-17(33)8-12-24(22)40-3)36-29(37)26(44-32(36)35-23)16-19-10-13-25(43-19)21-15-18(34)9-11-20(21)30(38)41-4/h8-16,28H,5-7H2,1-4H3/b26-16-/t28-/m1/s1. The maximum Gasteiger partial charge on any atom is 0.338 e. The van der Waals surface area contributed by atoms with Gasteiger partial charge in [0.25, 0.3) is 5.56 Å². The number of methoxy groups -OCH3 is 2. The van der Waals surface area contributed by atoms with Crippen molar-refractivity contribution in [2.45, 2.75) is 32.7 Å². The van der Waals surface area contributed by atoms with E-state index in [2.05, 4.69) is 15.9 Å². The second kappa shape index (κ2) is 13.4. The van der Waals surface area contributed by atoms with Gasteiger partial charge in [0.1, 0.15) is 23.3 Å². The Morgan fingerprint density at radius 1 is 1.11 bits per heavy atom. The third-order valence-corrected chi connectivity index (χ3v) is 8.64. The van der Waals surface area contributed by atoms with E-state index >= 15 is 0 Å². The quantitative estimate of drug-likeness (QED) is 0.196. The molecule has 9 nitrogen and oxygen atoms in total. The summed E-state index contributed by atoms with van der Waals surface area (Å²) in [6, 6.07) is 12.7. The molecule has 0 unspecified atom stereocenters. The van der Waals surface area contributed by atoms with Gasteiger partial charge in [-0.15, -0.1) is 0 Å². The Labute approximate surface area is 270 Å². The molecule has 12 heteroatoms. The number of allylic oxidation sites excluding steroid dienone is 1. The molecule has 0 fully saturated rings. The summed E-state index contributed by atoms with van der Waals surface area (Å²) in [7, 11) is 2.83. The number of carbonyl (C=O) groups excluding carboxylic acids is 2. The molecule has 0 amide bonds. The lowest BCUT2D eigenvalue weighted by Gasteiger charge is -2.27. The van der Waals surface area contributed by atoms with E-state index < -0.39 is 18.0 Å². The van der Waals surface area contributed by atoms with Crippen molar-refractivity contribution >= 4 is 56.9 Å². The maximum atomic E-state index is 14.1. The van der Waals surface area contributed by atoms with E-state index in [0.29, 0.717) is 60.4 Å². The summed E-state index contributed by atoms with van der Waals surface area (Å²) in [5.74, 6) is 0.172. The van der Waals surface area contributed by atoms with E-state index in [0.717, 1.165) is 10.9 Å². The molecule has 3 heterocycles. The Morgan fingerprint density at radius 3 is 2.61 bits per heavy atom.